The Morgan fingerprint density at radius 1 is 1.82 bits per heavy atom. The molecule has 0 aromatic heterocycles. The van der Waals surface area contributed by atoms with E-state index < -0.39 is 0 Å². The molecule has 0 aromatic carbocycles. The van der Waals surface area contributed by atoms with Gasteiger partial charge in [-0.1, -0.05) is 6.92 Å². The molecular formula is C8H12O3. The van der Waals surface area contributed by atoms with E-state index in [9.17, 15) is 4.79 Å². The fourth-order valence-corrected chi connectivity index (χ4v) is 1.01. The fourth-order valence-electron chi connectivity index (χ4n) is 1.01. The average molecular weight is 156 g/mol. The lowest BCUT2D eigenvalue weighted by atomic mass is 10.1. The van der Waals surface area contributed by atoms with Crippen LogP contribution in [-0.2, 0) is 14.3 Å². The van der Waals surface area contributed by atoms with Crippen LogP contribution in [0, 0.1) is 0 Å². The summed E-state index contributed by atoms with van der Waals surface area (Å²) in [6.07, 6.45) is 2.50. The van der Waals surface area contributed by atoms with E-state index >= 15 is 0 Å². The minimum Gasteiger partial charge on any atom is -0.469 e. The Balaban J connectivity index is 2.60. The van der Waals surface area contributed by atoms with Crippen molar-refractivity contribution in [3.05, 3.63) is 12.0 Å². The predicted octanol–water partition coefficient (Wildman–Crippen LogP) is 1.24. The third kappa shape index (κ3) is 1.73. The highest BCUT2D eigenvalue weighted by Crippen LogP contribution is 2.16. The van der Waals surface area contributed by atoms with E-state index in [0.717, 1.165) is 0 Å². The summed E-state index contributed by atoms with van der Waals surface area (Å²) >= 11 is 0. The molecule has 1 rings (SSSR count). The second kappa shape index (κ2) is 3.42. The molecule has 1 unspecified atom stereocenters. The van der Waals surface area contributed by atoms with E-state index in [1.807, 2.05) is 6.92 Å². The molecule has 1 aliphatic heterocycles. The molecule has 0 fully saturated rings. The molecule has 0 radical (unpaired) electrons. The maximum Gasteiger partial charge on any atom is 0.275 e. The molecule has 0 saturated heterocycles. The molecule has 0 amide bonds. The Morgan fingerprint density at radius 2 is 2.55 bits per heavy atom. The summed E-state index contributed by atoms with van der Waals surface area (Å²) in [6.45, 7) is 1.92. The van der Waals surface area contributed by atoms with Crippen LogP contribution < -0.4 is 0 Å². The number of methoxy groups -OCH3 is 1. The van der Waals surface area contributed by atoms with Gasteiger partial charge in [0.25, 0.3) is 5.95 Å². The Kier molecular flexibility index (Phi) is 2.52. The Labute approximate surface area is 66.0 Å². The standard InChI is InChI=1S/C8H12O3/c1-3-7-6(9)4-5-8(10-2)11-7/h5,7H,3-4H2,1-2H3. The van der Waals surface area contributed by atoms with E-state index in [1.54, 1.807) is 6.08 Å². The van der Waals surface area contributed by atoms with Crippen LogP contribution in [-0.4, -0.2) is 19.0 Å². The molecule has 0 aromatic rings. The molecule has 0 N–H and O–H groups in total. The average Bonchev–Trinajstić information content (AvgIpc) is 2.05. The first kappa shape index (κ1) is 8.11. The highest BCUT2D eigenvalue weighted by Gasteiger charge is 2.22. The minimum atomic E-state index is -0.296. The summed E-state index contributed by atoms with van der Waals surface area (Å²) in [7, 11) is 1.54. The second-order valence-electron chi connectivity index (χ2n) is 2.41. The summed E-state index contributed by atoms with van der Waals surface area (Å²) in [5.41, 5.74) is 0. The van der Waals surface area contributed by atoms with E-state index in [0.29, 0.717) is 18.8 Å². The molecule has 0 spiro atoms. The molecule has 1 aliphatic rings. The summed E-state index contributed by atoms with van der Waals surface area (Å²) < 4.78 is 10.0. The maximum absolute atomic E-state index is 11.1. The molecule has 62 valence electrons. The quantitative estimate of drug-likeness (QED) is 0.603. The molecule has 0 bridgehead atoms. The maximum atomic E-state index is 11.1. The lowest BCUT2D eigenvalue weighted by Gasteiger charge is -2.20. The molecule has 0 aliphatic carbocycles. The number of hydrogen-bond donors (Lipinski definition) is 0. The first-order chi connectivity index (χ1) is 5.27. The van der Waals surface area contributed by atoms with Crippen LogP contribution in [0.4, 0.5) is 0 Å². The van der Waals surface area contributed by atoms with Crippen molar-refractivity contribution in [3.8, 4) is 0 Å². The van der Waals surface area contributed by atoms with Crippen molar-refractivity contribution in [3.63, 3.8) is 0 Å². The van der Waals surface area contributed by atoms with Gasteiger partial charge in [0.05, 0.1) is 7.11 Å². The first-order valence-corrected chi connectivity index (χ1v) is 3.71. The zero-order valence-electron chi connectivity index (χ0n) is 6.79. The molecule has 3 heteroatoms. The van der Waals surface area contributed by atoms with Crippen molar-refractivity contribution in [1.29, 1.82) is 0 Å². The van der Waals surface area contributed by atoms with Crippen LogP contribution in [0.15, 0.2) is 12.0 Å². The monoisotopic (exact) mass is 156 g/mol. The summed E-state index contributed by atoms with van der Waals surface area (Å²) in [6, 6.07) is 0. The molecule has 11 heavy (non-hydrogen) atoms. The van der Waals surface area contributed by atoms with Crippen molar-refractivity contribution in [2.24, 2.45) is 0 Å². The van der Waals surface area contributed by atoms with Crippen LogP contribution in [0.1, 0.15) is 19.8 Å². The molecule has 0 saturated carbocycles. The Hall–Kier alpha value is -0.990. The van der Waals surface area contributed by atoms with Crippen molar-refractivity contribution < 1.29 is 14.3 Å². The third-order valence-corrected chi connectivity index (χ3v) is 1.66. The van der Waals surface area contributed by atoms with Crippen LogP contribution >= 0.6 is 0 Å². The third-order valence-electron chi connectivity index (χ3n) is 1.66. The lowest BCUT2D eigenvalue weighted by molar-refractivity contribution is -0.133. The Bertz CT molecular complexity index is 184. The van der Waals surface area contributed by atoms with E-state index in [1.165, 1.54) is 7.11 Å². The summed E-state index contributed by atoms with van der Waals surface area (Å²) in [5.74, 6) is 0.602. The van der Waals surface area contributed by atoms with Crippen molar-refractivity contribution in [1.82, 2.24) is 0 Å². The van der Waals surface area contributed by atoms with Gasteiger partial charge in [0.1, 0.15) is 0 Å². The van der Waals surface area contributed by atoms with E-state index in [4.69, 9.17) is 9.47 Å². The van der Waals surface area contributed by atoms with Gasteiger partial charge in [-0.25, -0.2) is 0 Å². The fraction of sp³-hybridized carbons (Fsp3) is 0.625. The number of ketones is 1. The predicted molar refractivity (Wildman–Crippen MR) is 39.9 cm³/mol. The number of hydrogen-bond acceptors (Lipinski definition) is 3. The molecule has 1 heterocycles. The number of carbonyl (C=O) groups is 1. The zero-order chi connectivity index (χ0) is 8.27. The van der Waals surface area contributed by atoms with Gasteiger partial charge in [0.2, 0.25) is 0 Å². The highest BCUT2D eigenvalue weighted by atomic mass is 16.7. The van der Waals surface area contributed by atoms with Crippen molar-refractivity contribution >= 4 is 5.78 Å². The van der Waals surface area contributed by atoms with E-state index in [-0.39, 0.29) is 11.9 Å². The van der Waals surface area contributed by atoms with Crippen LogP contribution in [0.2, 0.25) is 0 Å². The van der Waals surface area contributed by atoms with Gasteiger partial charge in [-0.2, -0.15) is 0 Å². The largest absolute Gasteiger partial charge is 0.469 e. The smallest absolute Gasteiger partial charge is 0.275 e. The van der Waals surface area contributed by atoms with Crippen molar-refractivity contribution in [2.75, 3.05) is 7.11 Å². The number of carbonyl (C=O) groups excluding carboxylic acids is 1. The van der Waals surface area contributed by atoms with Crippen LogP contribution in [0.3, 0.4) is 0 Å². The van der Waals surface area contributed by atoms with E-state index in [2.05, 4.69) is 0 Å². The number of rotatable bonds is 2. The highest BCUT2D eigenvalue weighted by molar-refractivity contribution is 5.85. The summed E-state index contributed by atoms with van der Waals surface area (Å²) in [5, 5.41) is 0. The van der Waals surface area contributed by atoms with Gasteiger partial charge in [0, 0.05) is 12.5 Å². The molecular weight excluding hydrogens is 144 g/mol. The van der Waals surface area contributed by atoms with Gasteiger partial charge in [-0.05, 0) is 6.42 Å². The van der Waals surface area contributed by atoms with Gasteiger partial charge in [0.15, 0.2) is 11.9 Å². The van der Waals surface area contributed by atoms with Gasteiger partial charge < -0.3 is 9.47 Å². The zero-order valence-corrected chi connectivity index (χ0v) is 6.79. The van der Waals surface area contributed by atoms with Gasteiger partial charge in [-0.3, -0.25) is 4.79 Å². The minimum absolute atomic E-state index is 0.133. The number of Topliss-reactive ketones (excluding diaryl/α,β-unsaturated/α-hetero) is 1. The second-order valence-corrected chi connectivity index (χ2v) is 2.41. The van der Waals surface area contributed by atoms with Gasteiger partial charge in [-0.15, -0.1) is 0 Å². The van der Waals surface area contributed by atoms with Crippen LogP contribution in [0.25, 0.3) is 0 Å². The normalized spacial score (nSPS) is 24.0. The molecule has 3 nitrogen and oxygen atoms in total. The van der Waals surface area contributed by atoms with Crippen molar-refractivity contribution in [2.45, 2.75) is 25.9 Å². The van der Waals surface area contributed by atoms with Gasteiger partial charge >= 0.3 is 0 Å². The Morgan fingerprint density at radius 3 is 3.09 bits per heavy atom. The van der Waals surface area contributed by atoms with Crippen LogP contribution in [0.5, 0.6) is 0 Å². The summed E-state index contributed by atoms with van der Waals surface area (Å²) in [4.78, 5) is 11.1. The lowest BCUT2D eigenvalue weighted by Crippen LogP contribution is -2.26. The number of ether oxygens (including phenoxy) is 2. The SMILES string of the molecule is CCC1OC(OC)=CCC1=O. The number of allylic oxidation sites excluding steroid dienone is 1. The molecule has 1 atom stereocenters. The first-order valence-electron chi connectivity index (χ1n) is 3.71. The topological polar surface area (TPSA) is 35.5 Å².